The van der Waals surface area contributed by atoms with Crippen molar-refractivity contribution >= 4 is 23.0 Å². The van der Waals surface area contributed by atoms with Crippen molar-refractivity contribution in [2.24, 2.45) is 0 Å². The first-order valence-corrected chi connectivity index (χ1v) is 8.25. The molecule has 0 fully saturated rings. The minimum Gasteiger partial charge on any atom is -0.345 e. The van der Waals surface area contributed by atoms with Crippen molar-refractivity contribution in [2.45, 2.75) is 32.2 Å². The fraction of sp³-hybridized carbons (Fsp3) is 0.316. The number of aryl methyl sites for hydroxylation is 2. The third-order valence-electron chi connectivity index (χ3n) is 4.51. The highest BCUT2D eigenvalue weighted by molar-refractivity contribution is 7.80. The summed E-state index contributed by atoms with van der Waals surface area (Å²) < 4.78 is 0. The Morgan fingerprint density at radius 3 is 2.68 bits per heavy atom. The second-order valence-corrected chi connectivity index (χ2v) is 6.35. The van der Waals surface area contributed by atoms with Crippen molar-refractivity contribution in [2.75, 3.05) is 12.4 Å². The summed E-state index contributed by atoms with van der Waals surface area (Å²) in [5, 5.41) is 4.18. The predicted octanol–water partition coefficient (Wildman–Crippen LogP) is 4.70. The van der Waals surface area contributed by atoms with E-state index in [4.69, 9.17) is 12.2 Å². The van der Waals surface area contributed by atoms with Gasteiger partial charge < -0.3 is 10.2 Å². The Morgan fingerprint density at radius 2 is 1.86 bits per heavy atom. The number of nitrogens with one attached hydrogen (secondary N) is 1. The van der Waals surface area contributed by atoms with Gasteiger partial charge in [-0.05, 0) is 61.2 Å². The molecule has 2 nitrogen and oxygen atoms in total. The number of para-hydroxylation sites is 1. The zero-order valence-electron chi connectivity index (χ0n) is 13.2. The molecule has 0 bridgehead atoms. The lowest BCUT2D eigenvalue weighted by Gasteiger charge is -2.35. The first kappa shape index (κ1) is 15.0. The van der Waals surface area contributed by atoms with Crippen LogP contribution in [0.2, 0.25) is 0 Å². The molecule has 2 aromatic rings. The van der Waals surface area contributed by atoms with Gasteiger partial charge in [0.25, 0.3) is 0 Å². The number of hydrogen-bond acceptors (Lipinski definition) is 1. The Morgan fingerprint density at radius 1 is 1.14 bits per heavy atom. The first-order chi connectivity index (χ1) is 10.7. The molecule has 2 aromatic carbocycles. The summed E-state index contributed by atoms with van der Waals surface area (Å²) in [6, 6.07) is 17.4. The van der Waals surface area contributed by atoms with Crippen LogP contribution in [0.15, 0.2) is 48.5 Å². The minimum atomic E-state index is 0.369. The van der Waals surface area contributed by atoms with E-state index in [2.05, 4.69) is 60.6 Å². The molecule has 0 unspecified atom stereocenters. The van der Waals surface area contributed by atoms with Crippen molar-refractivity contribution in [3.05, 3.63) is 65.2 Å². The topological polar surface area (TPSA) is 15.3 Å². The van der Waals surface area contributed by atoms with E-state index in [0.29, 0.717) is 6.04 Å². The van der Waals surface area contributed by atoms with Crippen LogP contribution in [0.25, 0.3) is 0 Å². The molecule has 0 amide bonds. The van der Waals surface area contributed by atoms with Crippen LogP contribution in [0.5, 0.6) is 0 Å². The molecule has 3 rings (SSSR count). The van der Waals surface area contributed by atoms with E-state index in [1.807, 2.05) is 12.1 Å². The second-order valence-electron chi connectivity index (χ2n) is 5.96. The third-order valence-corrected chi connectivity index (χ3v) is 4.90. The number of nitrogens with zero attached hydrogens (tertiary/aromatic N) is 1. The van der Waals surface area contributed by atoms with E-state index >= 15 is 0 Å². The predicted molar refractivity (Wildman–Crippen MR) is 97.3 cm³/mol. The summed E-state index contributed by atoms with van der Waals surface area (Å²) in [5.74, 6) is 0. The number of anilines is 1. The van der Waals surface area contributed by atoms with Crippen LogP contribution in [0, 0.1) is 6.92 Å². The van der Waals surface area contributed by atoms with Gasteiger partial charge in [0.05, 0.1) is 6.04 Å². The molecule has 0 saturated carbocycles. The van der Waals surface area contributed by atoms with Gasteiger partial charge in [0.1, 0.15) is 0 Å². The monoisotopic (exact) mass is 310 g/mol. The Balaban J connectivity index is 1.78. The number of rotatable bonds is 2. The highest BCUT2D eigenvalue weighted by Crippen LogP contribution is 2.33. The van der Waals surface area contributed by atoms with Gasteiger partial charge in [-0.1, -0.05) is 42.5 Å². The highest BCUT2D eigenvalue weighted by Gasteiger charge is 2.24. The van der Waals surface area contributed by atoms with Crippen LogP contribution in [-0.4, -0.2) is 17.1 Å². The number of fused-ring (bicyclic) bond motifs is 1. The smallest absolute Gasteiger partial charge is 0.173 e. The third kappa shape index (κ3) is 3.00. The molecular weight excluding hydrogens is 288 g/mol. The maximum Gasteiger partial charge on any atom is 0.173 e. The second kappa shape index (κ2) is 6.49. The van der Waals surface area contributed by atoms with Crippen molar-refractivity contribution < 1.29 is 0 Å². The molecule has 1 atom stereocenters. The molecule has 22 heavy (non-hydrogen) atoms. The summed E-state index contributed by atoms with van der Waals surface area (Å²) in [6.45, 7) is 2.10. The van der Waals surface area contributed by atoms with E-state index < -0.39 is 0 Å². The van der Waals surface area contributed by atoms with Crippen molar-refractivity contribution in [3.8, 4) is 0 Å². The summed E-state index contributed by atoms with van der Waals surface area (Å²) in [4.78, 5) is 2.21. The minimum absolute atomic E-state index is 0.369. The van der Waals surface area contributed by atoms with Gasteiger partial charge in [-0.2, -0.15) is 0 Å². The van der Waals surface area contributed by atoms with E-state index in [-0.39, 0.29) is 0 Å². The van der Waals surface area contributed by atoms with Gasteiger partial charge in [-0.25, -0.2) is 0 Å². The molecule has 0 heterocycles. The maximum absolute atomic E-state index is 5.64. The van der Waals surface area contributed by atoms with Crippen molar-refractivity contribution in [3.63, 3.8) is 0 Å². The summed E-state index contributed by atoms with van der Waals surface area (Å²) >= 11 is 5.64. The fourth-order valence-corrected chi connectivity index (χ4v) is 3.43. The van der Waals surface area contributed by atoms with Crippen LogP contribution in [0.3, 0.4) is 0 Å². The summed E-state index contributed by atoms with van der Waals surface area (Å²) in [5.41, 5.74) is 5.18. The maximum atomic E-state index is 5.64. The van der Waals surface area contributed by atoms with Crippen LogP contribution in [-0.2, 0) is 6.42 Å². The van der Waals surface area contributed by atoms with Gasteiger partial charge in [0.15, 0.2) is 5.11 Å². The van der Waals surface area contributed by atoms with Crippen molar-refractivity contribution in [1.82, 2.24) is 4.90 Å². The average molecular weight is 310 g/mol. The summed E-state index contributed by atoms with van der Waals surface area (Å²) in [7, 11) is 2.10. The van der Waals surface area contributed by atoms with Gasteiger partial charge in [-0.3, -0.25) is 0 Å². The molecule has 3 heteroatoms. The van der Waals surface area contributed by atoms with Crippen LogP contribution >= 0.6 is 12.2 Å². The molecule has 0 radical (unpaired) electrons. The lowest BCUT2D eigenvalue weighted by atomic mass is 9.87. The zero-order valence-corrected chi connectivity index (χ0v) is 14.0. The van der Waals surface area contributed by atoms with E-state index in [1.54, 1.807) is 0 Å². The normalized spacial score (nSPS) is 16.7. The molecular formula is C19H22N2S. The average Bonchev–Trinajstić information content (AvgIpc) is 2.55. The van der Waals surface area contributed by atoms with Crippen LogP contribution in [0.1, 0.15) is 35.6 Å². The molecule has 0 saturated heterocycles. The Labute approximate surface area is 138 Å². The molecule has 1 aliphatic carbocycles. The van der Waals surface area contributed by atoms with E-state index in [9.17, 15) is 0 Å². The largest absolute Gasteiger partial charge is 0.345 e. The molecule has 0 aromatic heterocycles. The van der Waals surface area contributed by atoms with E-state index in [0.717, 1.165) is 17.2 Å². The highest BCUT2D eigenvalue weighted by atomic mass is 32.1. The van der Waals surface area contributed by atoms with Crippen LogP contribution < -0.4 is 5.32 Å². The SMILES string of the molecule is Cc1ccccc1NC(=S)N(C)[C@H]1CCCc2ccccc21. The lowest BCUT2D eigenvalue weighted by Crippen LogP contribution is -2.36. The van der Waals surface area contributed by atoms with E-state index in [1.165, 1.54) is 29.5 Å². The molecule has 1 aliphatic rings. The van der Waals surface area contributed by atoms with Gasteiger partial charge >= 0.3 is 0 Å². The standard InChI is InChI=1S/C19H22N2S/c1-14-8-3-6-12-17(14)20-19(22)21(2)18-13-7-10-15-9-4-5-11-16(15)18/h3-6,8-9,11-12,18H,7,10,13H2,1-2H3,(H,20,22)/t18-/m0/s1. The Bertz CT molecular complexity index is 681. The molecule has 0 aliphatic heterocycles. The number of benzene rings is 2. The Kier molecular flexibility index (Phi) is 4.44. The molecule has 1 N–H and O–H groups in total. The first-order valence-electron chi connectivity index (χ1n) is 7.84. The van der Waals surface area contributed by atoms with Gasteiger partial charge in [0, 0.05) is 12.7 Å². The molecule has 0 spiro atoms. The Hall–Kier alpha value is -1.87. The van der Waals surface area contributed by atoms with Gasteiger partial charge in [-0.15, -0.1) is 0 Å². The quantitative estimate of drug-likeness (QED) is 0.809. The van der Waals surface area contributed by atoms with Crippen molar-refractivity contribution in [1.29, 1.82) is 0 Å². The molecule has 114 valence electrons. The number of hydrogen-bond donors (Lipinski definition) is 1. The van der Waals surface area contributed by atoms with Crippen LogP contribution in [0.4, 0.5) is 5.69 Å². The number of thiocarbonyl (C=S) groups is 1. The fourth-order valence-electron chi connectivity index (χ4n) is 3.19. The zero-order chi connectivity index (χ0) is 15.5. The van der Waals surface area contributed by atoms with Gasteiger partial charge in [0.2, 0.25) is 0 Å². The summed E-state index contributed by atoms with van der Waals surface area (Å²) in [6.07, 6.45) is 3.56. The lowest BCUT2D eigenvalue weighted by molar-refractivity contribution is 0.336.